The molecule has 0 bridgehead atoms. The zero-order valence-electron chi connectivity index (χ0n) is 11.5. The van der Waals surface area contributed by atoms with E-state index < -0.39 is 0 Å². The Labute approximate surface area is 118 Å². The van der Waals surface area contributed by atoms with Crippen molar-refractivity contribution < 1.29 is 9.21 Å². The molecule has 0 fully saturated rings. The number of hydrogen-bond acceptors (Lipinski definition) is 4. The van der Waals surface area contributed by atoms with Gasteiger partial charge < -0.3 is 15.5 Å². The van der Waals surface area contributed by atoms with E-state index in [1.165, 1.54) is 0 Å². The molecule has 1 heterocycles. The highest BCUT2D eigenvalue weighted by Gasteiger charge is 2.07. The van der Waals surface area contributed by atoms with Gasteiger partial charge in [-0.3, -0.25) is 9.69 Å². The van der Waals surface area contributed by atoms with Gasteiger partial charge in [0.15, 0.2) is 0 Å². The van der Waals surface area contributed by atoms with Crippen molar-refractivity contribution in [1.29, 1.82) is 0 Å². The molecule has 0 aliphatic carbocycles. The summed E-state index contributed by atoms with van der Waals surface area (Å²) in [6.07, 6.45) is 2.07. The average Bonchev–Trinajstić information content (AvgIpc) is 2.89. The van der Waals surface area contributed by atoms with Gasteiger partial charge in [0.05, 0.1) is 12.8 Å². The Bertz CT molecular complexity index is 552. The van der Waals surface area contributed by atoms with Crippen molar-refractivity contribution in [3.63, 3.8) is 0 Å². The Morgan fingerprint density at radius 2 is 2.20 bits per heavy atom. The van der Waals surface area contributed by atoms with Crippen molar-refractivity contribution in [3.8, 4) is 0 Å². The maximum Gasteiger partial charge on any atom is 0.225 e. The van der Waals surface area contributed by atoms with Gasteiger partial charge in [-0.25, -0.2) is 0 Å². The Balaban J connectivity index is 1.74. The second-order valence-corrected chi connectivity index (χ2v) is 4.74. The van der Waals surface area contributed by atoms with Gasteiger partial charge in [-0.2, -0.15) is 0 Å². The quantitative estimate of drug-likeness (QED) is 0.792. The third-order valence-electron chi connectivity index (χ3n) is 2.90. The first-order valence-corrected chi connectivity index (χ1v) is 6.50. The van der Waals surface area contributed by atoms with Crippen molar-refractivity contribution in [1.82, 2.24) is 4.90 Å². The standard InChI is InChI=1S/C15H19N3O2/c1-18(11-14-6-3-9-20-14)8-7-15(19)17-13-5-2-4-12(16)10-13/h2-6,9-10H,7-8,11,16H2,1H3,(H,17,19). The zero-order chi connectivity index (χ0) is 14.4. The van der Waals surface area contributed by atoms with Gasteiger partial charge in [-0.1, -0.05) is 6.07 Å². The zero-order valence-corrected chi connectivity index (χ0v) is 11.5. The number of anilines is 2. The van der Waals surface area contributed by atoms with Crippen LogP contribution in [0.4, 0.5) is 11.4 Å². The summed E-state index contributed by atoms with van der Waals surface area (Å²) in [6.45, 7) is 1.35. The summed E-state index contributed by atoms with van der Waals surface area (Å²) in [5.74, 6) is 0.866. The normalized spacial score (nSPS) is 10.7. The summed E-state index contributed by atoms with van der Waals surface area (Å²) in [5.41, 5.74) is 7.02. The molecule has 20 heavy (non-hydrogen) atoms. The minimum Gasteiger partial charge on any atom is -0.468 e. The van der Waals surface area contributed by atoms with Gasteiger partial charge in [0.25, 0.3) is 0 Å². The molecule has 0 unspecified atom stereocenters. The van der Waals surface area contributed by atoms with Gasteiger partial charge in [0.1, 0.15) is 5.76 Å². The summed E-state index contributed by atoms with van der Waals surface area (Å²) in [5, 5.41) is 2.83. The van der Waals surface area contributed by atoms with Gasteiger partial charge >= 0.3 is 0 Å². The number of furan rings is 1. The predicted molar refractivity (Wildman–Crippen MR) is 79.1 cm³/mol. The number of nitrogens with zero attached hydrogens (tertiary/aromatic N) is 1. The number of nitrogens with two attached hydrogens (primary N) is 1. The average molecular weight is 273 g/mol. The van der Waals surface area contributed by atoms with Crippen LogP contribution in [-0.4, -0.2) is 24.4 Å². The van der Waals surface area contributed by atoms with Gasteiger partial charge in [-0.15, -0.1) is 0 Å². The van der Waals surface area contributed by atoms with Crippen LogP contribution in [0.2, 0.25) is 0 Å². The van der Waals surface area contributed by atoms with Crippen LogP contribution in [0.15, 0.2) is 47.1 Å². The highest BCUT2D eigenvalue weighted by atomic mass is 16.3. The number of benzene rings is 1. The molecule has 3 N–H and O–H groups in total. The van der Waals surface area contributed by atoms with E-state index in [1.54, 1.807) is 18.4 Å². The van der Waals surface area contributed by atoms with Crippen LogP contribution in [0.1, 0.15) is 12.2 Å². The summed E-state index contributed by atoms with van der Waals surface area (Å²) in [7, 11) is 1.95. The predicted octanol–water partition coefficient (Wildman–Crippen LogP) is 2.32. The second kappa shape index (κ2) is 6.77. The van der Waals surface area contributed by atoms with Crippen LogP contribution < -0.4 is 11.1 Å². The van der Waals surface area contributed by atoms with Crippen molar-refractivity contribution in [3.05, 3.63) is 48.4 Å². The first-order chi connectivity index (χ1) is 9.63. The molecule has 0 saturated heterocycles. The topological polar surface area (TPSA) is 71.5 Å². The monoisotopic (exact) mass is 273 g/mol. The van der Waals surface area contributed by atoms with Crippen molar-refractivity contribution in [2.75, 3.05) is 24.6 Å². The second-order valence-electron chi connectivity index (χ2n) is 4.74. The highest BCUT2D eigenvalue weighted by Crippen LogP contribution is 2.12. The number of nitrogen functional groups attached to an aromatic ring is 1. The van der Waals surface area contributed by atoms with Crippen molar-refractivity contribution >= 4 is 17.3 Å². The summed E-state index contributed by atoms with van der Waals surface area (Å²) in [6, 6.07) is 10.9. The lowest BCUT2D eigenvalue weighted by Gasteiger charge is -2.14. The maximum atomic E-state index is 11.8. The van der Waals surface area contributed by atoms with E-state index >= 15 is 0 Å². The molecule has 1 aromatic carbocycles. The molecule has 0 radical (unpaired) electrons. The van der Waals surface area contributed by atoms with Crippen LogP contribution >= 0.6 is 0 Å². The smallest absolute Gasteiger partial charge is 0.225 e. The Morgan fingerprint density at radius 1 is 1.35 bits per heavy atom. The van der Waals surface area contributed by atoms with E-state index in [4.69, 9.17) is 10.2 Å². The summed E-state index contributed by atoms with van der Waals surface area (Å²) < 4.78 is 5.26. The lowest BCUT2D eigenvalue weighted by Crippen LogP contribution is -2.23. The molecule has 1 aromatic heterocycles. The molecule has 5 nitrogen and oxygen atoms in total. The largest absolute Gasteiger partial charge is 0.468 e. The van der Waals surface area contributed by atoms with Crippen LogP contribution in [-0.2, 0) is 11.3 Å². The summed E-state index contributed by atoms with van der Waals surface area (Å²) >= 11 is 0. The molecule has 0 spiro atoms. The number of carbonyl (C=O) groups is 1. The lowest BCUT2D eigenvalue weighted by atomic mass is 10.2. The molecule has 0 atom stereocenters. The van der Waals surface area contributed by atoms with Crippen LogP contribution in [0.25, 0.3) is 0 Å². The number of hydrogen-bond donors (Lipinski definition) is 2. The molecular weight excluding hydrogens is 254 g/mol. The Morgan fingerprint density at radius 3 is 2.90 bits per heavy atom. The molecule has 0 aliphatic rings. The number of amides is 1. The fourth-order valence-electron chi connectivity index (χ4n) is 1.88. The number of nitrogens with one attached hydrogen (secondary N) is 1. The molecule has 0 aliphatic heterocycles. The maximum absolute atomic E-state index is 11.8. The molecule has 2 rings (SSSR count). The van der Waals surface area contributed by atoms with Crippen LogP contribution in [0.5, 0.6) is 0 Å². The van der Waals surface area contributed by atoms with E-state index in [0.29, 0.717) is 25.2 Å². The van der Waals surface area contributed by atoms with Gasteiger partial charge in [0, 0.05) is 24.3 Å². The van der Waals surface area contributed by atoms with E-state index in [9.17, 15) is 4.79 Å². The SMILES string of the molecule is CN(CCC(=O)Nc1cccc(N)c1)Cc1ccco1. The van der Waals surface area contributed by atoms with E-state index in [2.05, 4.69) is 5.32 Å². The van der Waals surface area contributed by atoms with Gasteiger partial charge in [-0.05, 0) is 37.4 Å². The minimum absolute atomic E-state index is 0.0260. The fraction of sp³-hybridized carbons (Fsp3) is 0.267. The minimum atomic E-state index is -0.0260. The molecular formula is C15H19N3O2. The highest BCUT2D eigenvalue weighted by molar-refractivity contribution is 5.91. The van der Waals surface area contributed by atoms with E-state index in [0.717, 1.165) is 11.4 Å². The molecule has 1 amide bonds. The third kappa shape index (κ3) is 4.44. The Hall–Kier alpha value is -2.27. The molecule has 0 saturated carbocycles. The van der Waals surface area contributed by atoms with Crippen molar-refractivity contribution in [2.45, 2.75) is 13.0 Å². The number of carbonyl (C=O) groups excluding carboxylic acids is 1. The Kier molecular flexibility index (Phi) is 4.79. The first kappa shape index (κ1) is 14.1. The molecule has 5 heteroatoms. The molecule has 106 valence electrons. The van der Waals surface area contributed by atoms with Gasteiger partial charge in [0.2, 0.25) is 5.91 Å². The first-order valence-electron chi connectivity index (χ1n) is 6.50. The fourth-order valence-corrected chi connectivity index (χ4v) is 1.88. The van der Waals surface area contributed by atoms with Crippen LogP contribution in [0, 0.1) is 0 Å². The molecule has 2 aromatic rings. The lowest BCUT2D eigenvalue weighted by molar-refractivity contribution is -0.116. The summed E-state index contributed by atoms with van der Waals surface area (Å²) in [4.78, 5) is 13.9. The van der Waals surface area contributed by atoms with Crippen LogP contribution in [0.3, 0.4) is 0 Å². The number of rotatable bonds is 6. The van der Waals surface area contributed by atoms with E-state index in [1.807, 2.05) is 36.2 Å². The third-order valence-corrected chi connectivity index (χ3v) is 2.90. The van der Waals surface area contributed by atoms with Crippen molar-refractivity contribution in [2.24, 2.45) is 0 Å². The van der Waals surface area contributed by atoms with E-state index in [-0.39, 0.29) is 5.91 Å².